The van der Waals surface area contributed by atoms with E-state index in [0.29, 0.717) is 0 Å². The average Bonchev–Trinajstić information content (AvgIpc) is 3.18. The smallest absolute Gasteiger partial charge is 0.181 e. The topological polar surface area (TPSA) is 48.8 Å². The largest absolute Gasteiger partial charge is 0.443 e. The van der Waals surface area contributed by atoms with Crippen LogP contribution in [0.2, 0.25) is 0 Å². The van der Waals surface area contributed by atoms with E-state index in [9.17, 15) is 0 Å². The van der Waals surface area contributed by atoms with E-state index in [1.807, 2.05) is 53.5 Å². The summed E-state index contributed by atoms with van der Waals surface area (Å²) in [6.07, 6.45) is 7.13. The second-order valence-corrected chi connectivity index (χ2v) is 4.19. The van der Waals surface area contributed by atoms with Crippen LogP contribution in [0.3, 0.4) is 0 Å². The molecule has 4 rings (SSSR count). The molecule has 0 aliphatic heterocycles. The molecule has 0 saturated carbocycles. The van der Waals surface area contributed by atoms with Gasteiger partial charge in [0.2, 0.25) is 0 Å². The van der Waals surface area contributed by atoms with Crippen LogP contribution in [0.5, 0.6) is 0 Å². The van der Waals surface area contributed by atoms with Crippen molar-refractivity contribution in [2.24, 2.45) is 0 Å². The van der Waals surface area contributed by atoms with E-state index >= 15 is 0 Å². The third-order valence-corrected chi connectivity index (χ3v) is 3.06. The monoisotopic (exact) mass is 250 g/mol. The molecule has 0 atom stereocenters. The van der Waals surface area contributed by atoms with Gasteiger partial charge in [-0.2, -0.15) is 5.10 Å². The zero-order valence-electron chi connectivity index (χ0n) is 9.97. The van der Waals surface area contributed by atoms with Gasteiger partial charge < -0.3 is 8.98 Å². The van der Waals surface area contributed by atoms with Crippen molar-refractivity contribution < 1.29 is 4.42 Å². The number of aromatic nitrogens is 4. The molecule has 4 aromatic rings. The number of nitrogens with zero attached hydrogens (tertiary/aromatic N) is 4. The maximum Gasteiger partial charge on any atom is 0.181 e. The molecule has 0 unspecified atom stereocenters. The van der Waals surface area contributed by atoms with Gasteiger partial charge in [-0.3, -0.25) is 0 Å². The first-order valence-electron chi connectivity index (χ1n) is 5.93. The van der Waals surface area contributed by atoms with E-state index in [4.69, 9.17) is 4.42 Å². The molecule has 0 aliphatic carbocycles. The lowest BCUT2D eigenvalue weighted by molar-refractivity contribution is 0.602. The number of fused-ring (bicyclic) bond motifs is 1. The van der Waals surface area contributed by atoms with Gasteiger partial charge in [-0.15, -0.1) is 0 Å². The summed E-state index contributed by atoms with van der Waals surface area (Å²) < 4.78 is 9.21. The highest BCUT2D eigenvalue weighted by atomic mass is 16.3. The van der Waals surface area contributed by atoms with Gasteiger partial charge in [-0.05, 0) is 30.3 Å². The molecule has 0 spiro atoms. The van der Waals surface area contributed by atoms with Gasteiger partial charge >= 0.3 is 0 Å². The normalized spacial score (nSPS) is 11.2. The summed E-state index contributed by atoms with van der Waals surface area (Å²) in [5.74, 6) is 0.976. The molecule has 5 nitrogen and oxygen atoms in total. The predicted molar refractivity (Wildman–Crippen MR) is 70.5 cm³/mol. The third-order valence-electron chi connectivity index (χ3n) is 3.06. The Balaban J connectivity index is 1.90. The van der Waals surface area contributed by atoms with Gasteiger partial charge in [0, 0.05) is 24.7 Å². The van der Waals surface area contributed by atoms with E-state index in [1.54, 1.807) is 6.20 Å². The van der Waals surface area contributed by atoms with Crippen molar-refractivity contribution in [2.45, 2.75) is 0 Å². The maximum atomic E-state index is 5.34. The highest BCUT2D eigenvalue weighted by molar-refractivity contribution is 5.75. The summed E-state index contributed by atoms with van der Waals surface area (Å²) in [5.41, 5.74) is 2.65. The minimum Gasteiger partial charge on any atom is -0.443 e. The predicted octanol–water partition coefficient (Wildman–Crippen LogP) is 2.80. The fraction of sp³-hybridized carbons (Fsp3) is 0. The highest BCUT2D eigenvalue weighted by Crippen LogP contribution is 2.20. The van der Waals surface area contributed by atoms with Crippen LogP contribution in [0.4, 0.5) is 0 Å². The van der Waals surface area contributed by atoms with Crippen LogP contribution in [0.15, 0.2) is 65.8 Å². The van der Waals surface area contributed by atoms with E-state index in [-0.39, 0.29) is 0 Å². The fourth-order valence-electron chi connectivity index (χ4n) is 2.17. The Morgan fingerprint density at radius 2 is 2.05 bits per heavy atom. The van der Waals surface area contributed by atoms with E-state index in [0.717, 1.165) is 22.6 Å². The number of rotatable bonds is 2. The van der Waals surface area contributed by atoms with E-state index in [2.05, 4.69) is 14.6 Å². The van der Waals surface area contributed by atoms with Crippen molar-refractivity contribution in [3.05, 3.63) is 61.4 Å². The minimum absolute atomic E-state index is 0.776. The quantitative estimate of drug-likeness (QED) is 0.549. The van der Waals surface area contributed by atoms with E-state index < -0.39 is 0 Å². The number of hydrogen-bond acceptors (Lipinski definition) is 3. The molecule has 0 bridgehead atoms. The number of benzene rings is 1. The van der Waals surface area contributed by atoms with Crippen LogP contribution >= 0.6 is 0 Å². The van der Waals surface area contributed by atoms with Crippen molar-refractivity contribution >= 4 is 11.1 Å². The Morgan fingerprint density at radius 3 is 2.95 bits per heavy atom. The summed E-state index contributed by atoms with van der Waals surface area (Å²) in [4.78, 5) is 4.12. The lowest BCUT2D eigenvalue weighted by atomic mass is 10.3. The Morgan fingerprint density at radius 1 is 1.05 bits per heavy atom. The van der Waals surface area contributed by atoms with Crippen LogP contribution < -0.4 is 0 Å². The summed E-state index contributed by atoms with van der Waals surface area (Å²) >= 11 is 0. The molecule has 3 aromatic heterocycles. The molecule has 5 heteroatoms. The fourth-order valence-corrected chi connectivity index (χ4v) is 2.17. The Bertz CT molecular complexity index is 826. The summed E-state index contributed by atoms with van der Waals surface area (Å²) in [6, 6.07) is 11.8. The van der Waals surface area contributed by atoms with Crippen LogP contribution in [0.1, 0.15) is 0 Å². The zero-order chi connectivity index (χ0) is 12.7. The van der Waals surface area contributed by atoms with Crippen molar-refractivity contribution in [1.29, 1.82) is 0 Å². The minimum atomic E-state index is 0.776. The molecule has 1 aromatic carbocycles. The average molecular weight is 250 g/mol. The third kappa shape index (κ3) is 1.55. The van der Waals surface area contributed by atoms with Crippen LogP contribution in [0, 0.1) is 0 Å². The second-order valence-electron chi connectivity index (χ2n) is 4.19. The molecule has 0 amide bonds. The van der Waals surface area contributed by atoms with Crippen LogP contribution in [0.25, 0.3) is 22.6 Å². The SMILES string of the molecule is c1cnn(-c2cccn2-c2ccc3ncoc3c2)c1. The van der Waals surface area contributed by atoms with Crippen molar-refractivity contribution in [3.8, 4) is 11.5 Å². The second kappa shape index (κ2) is 3.84. The van der Waals surface area contributed by atoms with Crippen LogP contribution in [-0.4, -0.2) is 19.3 Å². The van der Waals surface area contributed by atoms with Gasteiger partial charge in [0.1, 0.15) is 11.3 Å². The summed E-state index contributed by atoms with van der Waals surface area (Å²) in [5, 5.41) is 4.26. The molecule has 3 heterocycles. The Hall–Kier alpha value is -2.82. The molecule has 0 radical (unpaired) electrons. The Kier molecular flexibility index (Phi) is 2.05. The zero-order valence-corrected chi connectivity index (χ0v) is 9.97. The number of oxazole rings is 1. The van der Waals surface area contributed by atoms with Crippen molar-refractivity contribution in [3.63, 3.8) is 0 Å². The van der Waals surface area contributed by atoms with Gasteiger partial charge in [0.25, 0.3) is 0 Å². The summed E-state index contributed by atoms with van der Waals surface area (Å²) in [7, 11) is 0. The molecule has 0 fully saturated rings. The van der Waals surface area contributed by atoms with Crippen molar-refractivity contribution in [2.75, 3.05) is 0 Å². The molecular formula is C14H10N4O. The van der Waals surface area contributed by atoms with Crippen molar-refractivity contribution in [1.82, 2.24) is 19.3 Å². The summed E-state index contributed by atoms with van der Waals surface area (Å²) in [6.45, 7) is 0. The Labute approximate surface area is 108 Å². The maximum absolute atomic E-state index is 5.34. The van der Waals surface area contributed by atoms with Gasteiger partial charge in [0.05, 0.1) is 5.69 Å². The van der Waals surface area contributed by atoms with Crippen LogP contribution in [-0.2, 0) is 0 Å². The lowest BCUT2D eigenvalue weighted by Gasteiger charge is -2.08. The van der Waals surface area contributed by atoms with Gasteiger partial charge in [-0.25, -0.2) is 9.67 Å². The van der Waals surface area contributed by atoms with E-state index in [1.165, 1.54) is 6.39 Å². The first-order chi connectivity index (χ1) is 9.42. The standard InChI is InChI=1S/C14H10N4O/c1-3-14(18-8-2-6-16-18)17(7-1)11-4-5-12-13(9-11)19-10-15-12/h1-10H. The molecular weight excluding hydrogens is 240 g/mol. The molecule has 92 valence electrons. The van der Waals surface area contributed by atoms with Gasteiger partial charge in [0.15, 0.2) is 12.0 Å². The lowest BCUT2D eigenvalue weighted by Crippen LogP contribution is -2.03. The molecule has 19 heavy (non-hydrogen) atoms. The molecule has 0 aliphatic rings. The number of hydrogen-bond donors (Lipinski definition) is 0. The first kappa shape index (κ1) is 10.1. The molecule has 0 saturated heterocycles. The highest BCUT2D eigenvalue weighted by Gasteiger charge is 2.07. The van der Waals surface area contributed by atoms with Gasteiger partial charge in [-0.1, -0.05) is 0 Å². The first-order valence-corrected chi connectivity index (χ1v) is 5.93. The molecule has 0 N–H and O–H groups in total.